The van der Waals surface area contributed by atoms with Crippen molar-refractivity contribution in [3.05, 3.63) is 77.0 Å². The molecule has 6 nitrogen and oxygen atoms in total. The average molecular weight is 365 g/mol. The largest absolute Gasteiger partial charge is 0.494 e. The zero-order chi connectivity index (χ0) is 17.8. The van der Waals surface area contributed by atoms with Gasteiger partial charge in [0.1, 0.15) is 22.9 Å². The first-order valence-electron chi connectivity index (χ1n) is 7.85. The second-order valence-electron chi connectivity index (χ2n) is 5.24. The number of ether oxygens (including phenoxy) is 1. The van der Waals surface area contributed by atoms with Gasteiger partial charge in [-0.1, -0.05) is 12.1 Å². The number of furan rings is 2. The number of aromatic nitrogens is 1. The average Bonchev–Trinajstić information content (AvgIpc) is 3.42. The zero-order valence-electron chi connectivity index (χ0n) is 13.9. The van der Waals surface area contributed by atoms with Crippen molar-refractivity contribution < 1.29 is 13.6 Å². The lowest BCUT2D eigenvalue weighted by molar-refractivity contribution is 0.416. The summed E-state index contributed by atoms with van der Waals surface area (Å²) in [5, 5.41) is 6.48. The molecule has 3 heterocycles. The summed E-state index contributed by atoms with van der Waals surface area (Å²) in [5.41, 5.74) is 1.53. The SMILES string of the molecule is COc1ccccc1N=c1scc(-c2ccco2)n1/N=C\c1ccco1. The van der Waals surface area contributed by atoms with Gasteiger partial charge >= 0.3 is 0 Å². The van der Waals surface area contributed by atoms with Gasteiger partial charge in [0.2, 0.25) is 4.80 Å². The number of para-hydroxylation sites is 2. The van der Waals surface area contributed by atoms with Gasteiger partial charge in [-0.3, -0.25) is 0 Å². The van der Waals surface area contributed by atoms with Crippen LogP contribution >= 0.6 is 11.3 Å². The van der Waals surface area contributed by atoms with Crippen molar-refractivity contribution in [3.63, 3.8) is 0 Å². The minimum absolute atomic E-state index is 0.650. The van der Waals surface area contributed by atoms with Gasteiger partial charge < -0.3 is 13.6 Å². The Kier molecular flexibility index (Phi) is 4.53. The molecule has 1 aromatic carbocycles. The lowest BCUT2D eigenvalue weighted by Gasteiger charge is -2.03. The minimum atomic E-state index is 0.650. The molecular weight excluding hydrogens is 350 g/mol. The normalized spacial score (nSPS) is 12.1. The fourth-order valence-corrected chi connectivity index (χ4v) is 3.22. The van der Waals surface area contributed by atoms with E-state index in [4.69, 9.17) is 18.6 Å². The van der Waals surface area contributed by atoms with Crippen LogP contribution in [0.15, 0.2) is 85.4 Å². The van der Waals surface area contributed by atoms with Gasteiger partial charge in [0.25, 0.3) is 0 Å². The number of benzene rings is 1. The molecule has 0 radical (unpaired) electrons. The summed E-state index contributed by atoms with van der Waals surface area (Å²) in [6.07, 6.45) is 4.87. The van der Waals surface area contributed by atoms with Crippen LogP contribution in [0.4, 0.5) is 5.69 Å². The van der Waals surface area contributed by atoms with Gasteiger partial charge in [0, 0.05) is 5.38 Å². The summed E-state index contributed by atoms with van der Waals surface area (Å²) in [6.45, 7) is 0. The highest BCUT2D eigenvalue weighted by molar-refractivity contribution is 7.07. The number of nitrogens with zero attached hydrogens (tertiary/aromatic N) is 3. The van der Waals surface area contributed by atoms with Gasteiger partial charge in [-0.25, -0.2) is 9.67 Å². The van der Waals surface area contributed by atoms with E-state index >= 15 is 0 Å². The van der Waals surface area contributed by atoms with Crippen molar-refractivity contribution in [2.75, 3.05) is 7.11 Å². The van der Waals surface area contributed by atoms with Crippen molar-refractivity contribution in [1.82, 2.24) is 4.68 Å². The highest BCUT2D eigenvalue weighted by Gasteiger charge is 2.11. The highest BCUT2D eigenvalue weighted by atomic mass is 32.1. The molecule has 0 unspecified atom stereocenters. The highest BCUT2D eigenvalue weighted by Crippen LogP contribution is 2.27. The monoisotopic (exact) mass is 365 g/mol. The van der Waals surface area contributed by atoms with Gasteiger partial charge in [-0.15, -0.1) is 11.3 Å². The molecule has 4 rings (SSSR count). The second kappa shape index (κ2) is 7.28. The van der Waals surface area contributed by atoms with Crippen LogP contribution in [-0.2, 0) is 0 Å². The van der Waals surface area contributed by atoms with E-state index in [1.807, 2.05) is 53.9 Å². The Labute approximate surface area is 153 Å². The summed E-state index contributed by atoms with van der Waals surface area (Å²) in [4.78, 5) is 5.40. The molecule has 0 amide bonds. The molecule has 3 aromatic heterocycles. The number of methoxy groups -OCH3 is 1. The maximum atomic E-state index is 5.53. The first-order valence-corrected chi connectivity index (χ1v) is 8.73. The molecule has 0 aliphatic heterocycles. The van der Waals surface area contributed by atoms with Gasteiger partial charge in [-0.2, -0.15) is 5.10 Å². The third-order valence-electron chi connectivity index (χ3n) is 3.60. The molecule has 0 bridgehead atoms. The van der Waals surface area contributed by atoms with E-state index < -0.39 is 0 Å². The number of hydrogen-bond acceptors (Lipinski definition) is 6. The molecule has 130 valence electrons. The molecule has 0 fully saturated rings. The standard InChI is InChI=1S/C19H15N3O3S/c1-23-17-8-3-2-7-15(17)21-19-22(20-12-14-6-4-10-24-14)16(13-26-19)18-9-5-11-25-18/h2-13H,1H3/b20-12-,21-19?. The van der Waals surface area contributed by atoms with Crippen LogP contribution in [0, 0.1) is 0 Å². The number of hydrogen-bond donors (Lipinski definition) is 0. The van der Waals surface area contributed by atoms with E-state index in [0.29, 0.717) is 22.1 Å². The molecular formula is C19H15N3O3S. The van der Waals surface area contributed by atoms with Crippen molar-refractivity contribution >= 4 is 23.2 Å². The Hall–Kier alpha value is -3.32. The molecule has 7 heteroatoms. The topological polar surface area (TPSA) is 65.2 Å². The van der Waals surface area contributed by atoms with Crippen LogP contribution < -0.4 is 9.54 Å². The molecule has 0 atom stereocenters. The third-order valence-corrected chi connectivity index (χ3v) is 4.42. The Balaban J connectivity index is 1.86. The molecule has 4 aromatic rings. The van der Waals surface area contributed by atoms with Crippen molar-refractivity contribution in [1.29, 1.82) is 0 Å². The predicted molar refractivity (Wildman–Crippen MR) is 99.9 cm³/mol. The fourth-order valence-electron chi connectivity index (χ4n) is 2.39. The Bertz CT molecular complexity index is 1070. The summed E-state index contributed by atoms with van der Waals surface area (Å²) in [7, 11) is 1.63. The van der Waals surface area contributed by atoms with Gasteiger partial charge in [-0.05, 0) is 36.4 Å². The summed E-state index contributed by atoms with van der Waals surface area (Å²) in [6, 6.07) is 15.0. The van der Waals surface area contributed by atoms with Crippen molar-refractivity contribution in [3.8, 4) is 17.2 Å². The molecule has 26 heavy (non-hydrogen) atoms. The number of thiazole rings is 1. The fraction of sp³-hybridized carbons (Fsp3) is 0.0526. The maximum absolute atomic E-state index is 5.53. The Morgan fingerprint density at radius 1 is 1.04 bits per heavy atom. The smallest absolute Gasteiger partial charge is 0.211 e. The second-order valence-corrected chi connectivity index (χ2v) is 6.07. The third kappa shape index (κ3) is 3.25. The molecule has 0 aliphatic carbocycles. The van der Waals surface area contributed by atoms with Crippen molar-refractivity contribution in [2.24, 2.45) is 10.1 Å². The van der Waals surface area contributed by atoms with Gasteiger partial charge in [0.15, 0.2) is 5.76 Å². The van der Waals surface area contributed by atoms with E-state index in [0.717, 1.165) is 11.4 Å². The Morgan fingerprint density at radius 2 is 1.88 bits per heavy atom. The summed E-state index contributed by atoms with van der Waals surface area (Å²) >= 11 is 1.46. The number of rotatable bonds is 5. The quantitative estimate of drug-likeness (QED) is 0.488. The first kappa shape index (κ1) is 16.2. The van der Waals surface area contributed by atoms with Crippen LogP contribution in [0.3, 0.4) is 0 Å². The zero-order valence-corrected chi connectivity index (χ0v) is 14.7. The van der Waals surface area contributed by atoms with Crippen LogP contribution in [0.25, 0.3) is 11.5 Å². The van der Waals surface area contributed by atoms with Crippen LogP contribution in [0.1, 0.15) is 5.76 Å². The lowest BCUT2D eigenvalue weighted by atomic mass is 10.3. The lowest BCUT2D eigenvalue weighted by Crippen LogP contribution is -2.11. The van der Waals surface area contributed by atoms with Crippen LogP contribution in [0.2, 0.25) is 0 Å². The van der Waals surface area contributed by atoms with Crippen molar-refractivity contribution in [2.45, 2.75) is 0 Å². The molecule has 0 N–H and O–H groups in total. The predicted octanol–water partition coefficient (Wildman–Crippen LogP) is 4.53. The molecule has 0 spiro atoms. The van der Waals surface area contributed by atoms with E-state index in [1.54, 1.807) is 30.5 Å². The van der Waals surface area contributed by atoms with E-state index in [-0.39, 0.29) is 0 Å². The first-order chi connectivity index (χ1) is 12.8. The van der Waals surface area contributed by atoms with E-state index in [2.05, 4.69) is 5.10 Å². The molecule has 0 saturated heterocycles. The van der Waals surface area contributed by atoms with Gasteiger partial charge in [0.05, 0.1) is 25.9 Å². The minimum Gasteiger partial charge on any atom is -0.494 e. The van der Waals surface area contributed by atoms with Crippen LogP contribution in [0.5, 0.6) is 5.75 Å². The maximum Gasteiger partial charge on any atom is 0.211 e. The molecule has 0 aliphatic rings. The van der Waals surface area contributed by atoms with E-state index in [1.165, 1.54) is 11.3 Å². The molecule has 0 saturated carbocycles. The van der Waals surface area contributed by atoms with E-state index in [9.17, 15) is 0 Å². The Morgan fingerprint density at radius 3 is 2.65 bits per heavy atom. The summed E-state index contributed by atoms with van der Waals surface area (Å²) < 4.78 is 18.0. The summed E-state index contributed by atoms with van der Waals surface area (Å²) in [5.74, 6) is 2.05. The van der Waals surface area contributed by atoms with Crippen LogP contribution in [-0.4, -0.2) is 18.0 Å².